The van der Waals surface area contributed by atoms with E-state index in [0.717, 1.165) is 66.4 Å². The van der Waals surface area contributed by atoms with Crippen LogP contribution in [0.5, 0.6) is 0 Å². The lowest BCUT2D eigenvalue weighted by Crippen LogP contribution is -2.61. The van der Waals surface area contributed by atoms with Gasteiger partial charge in [-0.1, -0.05) is 172 Å². The van der Waals surface area contributed by atoms with Gasteiger partial charge in [0.15, 0.2) is 0 Å². The number of anilines is 6. The van der Waals surface area contributed by atoms with Gasteiger partial charge in [0.2, 0.25) is 0 Å². The van der Waals surface area contributed by atoms with Crippen molar-refractivity contribution < 1.29 is 8.83 Å². The largest absolute Gasteiger partial charge is 0.456 e. The van der Waals surface area contributed by atoms with E-state index < -0.39 is 0 Å². The molecule has 0 saturated heterocycles. The van der Waals surface area contributed by atoms with Gasteiger partial charge in [0.25, 0.3) is 6.71 Å². The normalized spacial score (nSPS) is 13.6. The second kappa shape index (κ2) is 15.4. The Hall–Kier alpha value is -7.76. The summed E-state index contributed by atoms with van der Waals surface area (Å²) in [6, 6.07) is 67.6. The van der Waals surface area contributed by atoms with Crippen molar-refractivity contribution >= 4 is 101 Å². The third kappa shape index (κ3) is 6.80. The van der Waals surface area contributed by atoms with E-state index >= 15 is 0 Å². The minimum absolute atomic E-state index is 0.00591. The molecule has 2 aliphatic rings. The number of furan rings is 2. The van der Waals surface area contributed by atoms with E-state index in [1.54, 1.807) is 0 Å². The minimum atomic E-state index is -0.142. The molecule has 0 spiro atoms. The first-order valence-corrected chi connectivity index (χ1v) is 25.2. The molecule has 0 atom stereocenters. The molecule has 71 heavy (non-hydrogen) atoms. The van der Waals surface area contributed by atoms with Crippen LogP contribution in [0.2, 0.25) is 0 Å². The van der Waals surface area contributed by atoms with Crippen LogP contribution in [0.15, 0.2) is 191 Å². The Morgan fingerprint density at radius 3 is 1.15 bits per heavy atom. The number of hydrogen-bond acceptors (Lipinski definition) is 4. The van der Waals surface area contributed by atoms with Crippen molar-refractivity contribution in [2.75, 3.05) is 9.80 Å². The molecule has 346 valence electrons. The molecule has 0 bridgehead atoms. The third-order valence-electron chi connectivity index (χ3n) is 15.3. The zero-order valence-electron chi connectivity index (χ0n) is 42.1. The third-order valence-corrected chi connectivity index (χ3v) is 15.3. The fraction of sp³-hybridized carbons (Fsp3) is 0.182. The zero-order valence-corrected chi connectivity index (χ0v) is 42.1. The summed E-state index contributed by atoms with van der Waals surface area (Å²) in [7, 11) is 0. The van der Waals surface area contributed by atoms with Gasteiger partial charge in [-0.2, -0.15) is 0 Å². The van der Waals surface area contributed by atoms with Crippen LogP contribution in [0.4, 0.5) is 34.1 Å². The molecule has 11 aromatic rings. The standard InChI is InChI=1S/C66H57BN2O2/c1-64(2,3)42-28-34-53-51(36-42)67-52-37-43(65(4,5)6)29-35-54(52)69(46-32-26-41(27-33-46)48-19-15-23-60-62(48)50-17-11-13-21-58(50)71-60)56-39-44(66(7,8)9)38-55(63(56)67)68(53)45-30-24-40(25-31-45)47-18-14-22-59-61(47)49-16-10-12-20-57(49)70-59/h10-39H,1-9H3. The Kier molecular flexibility index (Phi) is 9.37. The van der Waals surface area contributed by atoms with Crippen molar-refractivity contribution in [2.24, 2.45) is 0 Å². The summed E-state index contributed by atoms with van der Waals surface area (Å²) in [6.45, 7) is 21.0. The number of rotatable bonds is 4. The van der Waals surface area contributed by atoms with Gasteiger partial charge in [0.05, 0.1) is 0 Å². The van der Waals surface area contributed by atoms with Gasteiger partial charge >= 0.3 is 0 Å². The first kappa shape index (κ1) is 43.3. The second-order valence-corrected chi connectivity index (χ2v) is 23.0. The smallest absolute Gasteiger partial charge is 0.252 e. The molecular weight excluding hydrogens is 864 g/mol. The topological polar surface area (TPSA) is 32.8 Å². The van der Waals surface area contributed by atoms with E-state index in [-0.39, 0.29) is 23.0 Å². The Morgan fingerprint density at radius 2 is 0.746 bits per heavy atom. The lowest BCUT2D eigenvalue weighted by Gasteiger charge is -2.45. The number of benzene rings is 9. The molecule has 13 rings (SSSR count). The predicted octanol–water partition coefficient (Wildman–Crippen LogP) is 16.8. The summed E-state index contributed by atoms with van der Waals surface area (Å²) in [5, 5.41) is 4.57. The molecule has 0 aliphatic carbocycles. The van der Waals surface area contributed by atoms with Crippen molar-refractivity contribution in [3.05, 3.63) is 199 Å². The van der Waals surface area contributed by atoms with Crippen LogP contribution >= 0.6 is 0 Å². The van der Waals surface area contributed by atoms with Gasteiger partial charge in [-0.3, -0.25) is 0 Å². The van der Waals surface area contributed by atoms with E-state index in [0.29, 0.717) is 0 Å². The summed E-state index contributed by atoms with van der Waals surface area (Å²) in [6.07, 6.45) is 0. The van der Waals surface area contributed by atoms with Crippen molar-refractivity contribution in [1.82, 2.24) is 0 Å². The Labute approximate surface area is 417 Å². The summed E-state index contributed by atoms with van der Waals surface area (Å²) in [4.78, 5) is 5.11. The lowest BCUT2D eigenvalue weighted by atomic mass is 9.33. The molecule has 0 fully saturated rings. The Balaban J connectivity index is 1.04. The number of fused-ring (bicyclic) bond motifs is 10. The highest BCUT2D eigenvalue weighted by atomic mass is 16.3. The van der Waals surface area contributed by atoms with Crippen LogP contribution in [-0.2, 0) is 16.2 Å². The molecule has 0 saturated carbocycles. The summed E-state index contributed by atoms with van der Waals surface area (Å²) in [5.41, 5.74) is 23.1. The number of para-hydroxylation sites is 2. The van der Waals surface area contributed by atoms with Crippen LogP contribution < -0.4 is 26.2 Å². The first-order chi connectivity index (χ1) is 34.1. The first-order valence-electron chi connectivity index (χ1n) is 25.2. The highest BCUT2D eigenvalue weighted by Crippen LogP contribution is 2.48. The highest BCUT2D eigenvalue weighted by molar-refractivity contribution is 7.00. The summed E-state index contributed by atoms with van der Waals surface area (Å²) in [5.74, 6) is 0. The fourth-order valence-electron chi connectivity index (χ4n) is 11.5. The molecule has 0 amide bonds. The van der Waals surface area contributed by atoms with Crippen LogP contribution in [0.1, 0.15) is 79.0 Å². The van der Waals surface area contributed by atoms with Gasteiger partial charge in [0, 0.05) is 55.7 Å². The molecule has 0 unspecified atom stereocenters. The molecule has 0 radical (unpaired) electrons. The monoisotopic (exact) mass is 920 g/mol. The maximum atomic E-state index is 6.35. The van der Waals surface area contributed by atoms with E-state index in [9.17, 15) is 0 Å². The maximum Gasteiger partial charge on any atom is 0.252 e. The average Bonchev–Trinajstić information content (AvgIpc) is 3.94. The Morgan fingerprint density at radius 1 is 0.352 bits per heavy atom. The predicted molar refractivity (Wildman–Crippen MR) is 302 cm³/mol. The van der Waals surface area contributed by atoms with Gasteiger partial charge in [-0.05, 0) is 144 Å². The van der Waals surface area contributed by atoms with Crippen molar-refractivity contribution in [3.63, 3.8) is 0 Å². The number of hydrogen-bond donors (Lipinski definition) is 0. The van der Waals surface area contributed by atoms with Gasteiger partial charge < -0.3 is 18.6 Å². The molecule has 5 heteroatoms. The lowest BCUT2D eigenvalue weighted by molar-refractivity contribution is 0.590. The van der Waals surface area contributed by atoms with E-state index in [4.69, 9.17) is 8.83 Å². The van der Waals surface area contributed by atoms with Gasteiger partial charge in [0.1, 0.15) is 22.3 Å². The SMILES string of the molecule is CC(C)(C)c1ccc2c(c1)B1c3cc(C(C)(C)C)ccc3N(c3ccc(-c4cccc5oc6ccccc6c45)cc3)c3cc(C(C)(C)C)cc(c31)N2c1ccc(-c2cccc3oc4ccccc4c23)cc1. The summed E-state index contributed by atoms with van der Waals surface area (Å²) < 4.78 is 12.7. The van der Waals surface area contributed by atoms with Gasteiger partial charge in [-0.25, -0.2) is 0 Å². The summed E-state index contributed by atoms with van der Waals surface area (Å²) >= 11 is 0. The van der Waals surface area contributed by atoms with Gasteiger partial charge in [-0.15, -0.1) is 0 Å². The molecular formula is C66H57BN2O2. The van der Waals surface area contributed by atoms with Crippen LogP contribution in [0, 0.1) is 0 Å². The van der Waals surface area contributed by atoms with E-state index in [1.807, 2.05) is 12.1 Å². The van der Waals surface area contributed by atoms with E-state index in [2.05, 4.69) is 242 Å². The Bertz CT molecular complexity index is 3700. The quantitative estimate of drug-likeness (QED) is 0.165. The zero-order chi connectivity index (χ0) is 48.7. The van der Waals surface area contributed by atoms with Crippen LogP contribution in [-0.4, -0.2) is 6.71 Å². The molecule has 4 heterocycles. The van der Waals surface area contributed by atoms with E-state index in [1.165, 1.54) is 67.0 Å². The number of nitrogens with zero attached hydrogens (tertiary/aromatic N) is 2. The van der Waals surface area contributed by atoms with Crippen molar-refractivity contribution in [3.8, 4) is 22.3 Å². The van der Waals surface area contributed by atoms with Crippen molar-refractivity contribution in [1.29, 1.82) is 0 Å². The van der Waals surface area contributed by atoms with Crippen LogP contribution in [0.25, 0.3) is 66.1 Å². The molecule has 9 aromatic carbocycles. The molecule has 2 aromatic heterocycles. The second-order valence-electron chi connectivity index (χ2n) is 23.0. The van der Waals surface area contributed by atoms with Crippen LogP contribution in [0.3, 0.4) is 0 Å². The molecule has 2 aliphatic heterocycles. The molecule has 4 nitrogen and oxygen atoms in total. The minimum Gasteiger partial charge on any atom is -0.456 e. The fourth-order valence-corrected chi connectivity index (χ4v) is 11.5. The van der Waals surface area contributed by atoms with Crippen molar-refractivity contribution in [2.45, 2.75) is 78.6 Å². The average molecular weight is 921 g/mol. The maximum absolute atomic E-state index is 6.35. The molecule has 0 N–H and O–H groups in total. The highest BCUT2D eigenvalue weighted by Gasteiger charge is 2.45.